The molecule has 1 saturated heterocycles. The van der Waals surface area contributed by atoms with Gasteiger partial charge >= 0.3 is 0 Å². The zero-order valence-corrected chi connectivity index (χ0v) is 8.55. The molecule has 14 heavy (non-hydrogen) atoms. The molecule has 0 unspecified atom stereocenters. The molecule has 76 valence electrons. The third-order valence-electron chi connectivity index (χ3n) is 2.73. The number of aromatic amines is 1. The highest BCUT2D eigenvalue weighted by molar-refractivity contribution is 5.44. The molecule has 0 saturated carbocycles. The van der Waals surface area contributed by atoms with Gasteiger partial charge in [-0.2, -0.15) is 0 Å². The number of anilines is 1. The number of aromatic nitrogens is 1. The van der Waals surface area contributed by atoms with Crippen molar-refractivity contribution in [3.63, 3.8) is 0 Å². The first kappa shape index (κ1) is 9.31. The molecule has 0 radical (unpaired) electrons. The quantitative estimate of drug-likeness (QED) is 0.734. The topological polar surface area (TPSA) is 36.1 Å². The predicted molar refractivity (Wildman–Crippen MR) is 57.9 cm³/mol. The van der Waals surface area contributed by atoms with Crippen LogP contribution in [-0.2, 0) is 0 Å². The van der Waals surface area contributed by atoms with Crippen molar-refractivity contribution in [1.82, 2.24) is 4.98 Å². The minimum atomic E-state index is 0.0481. The lowest BCUT2D eigenvalue weighted by atomic mass is 10.1. The third-order valence-corrected chi connectivity index (χ3v) is 2.73. The molecule has 0 spiro atoms. The summed E-state index contributed by atoms with van der Waals surface area (Å²) in [6, 6.07) is 3.89. The molecule has 0 atom stereocenters. The fourth-order valence-electron chi connectivity index (χ4n) is 1.95. The summed E-state index contributed by atoms with van der Waals surface area (Å²) < 4.78 is 0. The van der Waals surface area contributed by atoms with E-state index in [2.05, 4.69) is 9.88 Å². The average molecular weight is 192 g/mol. The predicted octanol–water partition coefficient (Wildman–Crippen LogP) is 1.67. The molecule has 1 aromatic heterocycles. The Bertz CT molecular complexity index is 364. The van der Waals surface area contributed by atoms with Crippen molar-refractivity contribution >= 4 is 5.69 Å². The van der Waals surface area contributed by atoms with E-state index in [-0.39, 0.29) is 5.56 Å². The zero-order valence-electron chi connectivity index (χ0n) is 8.55. The van der Waals surface area contributed by atoms with E-state index in [9.17, 15) is 4.79 Å². The number of hydrogen-bond donors (Lipinski definition) is 1. The highest BCUT2D eigenvalue weighted by Gasteiger charge is 2.13. The van der Waals surface area contributed by atoms with Crippen LogP contribution in [0.3, 0.4) is 0 Å². The van der Waals surface area contributed by atoms with Gasteiger partial charge < -0.3 is 9.88 Å². The molecule has 3 nitrogen and oxygen atoms in total. The molecule has 3 heteroatoms. The van der Waals surface area contributed by atoms with Crippen molar-refractivity contribution < 1.29 is 0 Å². The Hall–Kier alpha value is -1.25. The van der Waals surface area contributed by atoms with E-state index in [0.29, 0.717) is 0 Å². The van der Waals surface area contributed by atoms with Gasteiger partial charge in [-0.25, -0.2) is 0 Å². The SMILES string of the molecule is Cc1ccc(N2CCCCC2)c(=O)[nH]1. The number of hydrogen-bond acceptors (Lipinski definition) is 2. The fourth-order valence-corrected chi connectivity index (χ4v) is 1.95. The van der Waals surface area contributed by atoms with Crippen molar-refractivity contribution in [1.29, 1.82) is 0 Å². The number of nitrogens with one attached hydrogen (secondary N) is 1. The number of rotatable bonds is 1. The van der Waals surface area contributed by atoms with Gasteiger partial charge in [0.05, 0.1) is 0 Å². The Morgan fingerprint density at radius 1 is 1.21 bits per heavy atom. The van der Waals surface area contributed by atoms with Crippen LogP contribution in [0.5, 0.6) is 0 Å². The lowest BCUT2D eigenvalue weighted by Crippen LogP contribution is -2.33. The van der Waals surface area contributed by atoms with Gasteiger partial charge in [0, 0.05) is 18.8 Å². The molecular weight excluding hydrogens is 176 g/mol. The van der Waals surface area contributed by atoms with E-state index in [1.807, 2.05) is 19.1 Å². The largest absolute Gasteiger partial charge is 0.367 e. The second kappa shape index (κ2) is 3.86. The minimum Gasteiger partial charge on any atom is -0.367 e. The van der Waals surface area contributed by atoms with Crippen molar-refractivity contribution in [2.24, 2.45) is 0 Å². The van der Waals surface area contributed by atoms with Crippen molar-refractivity contribution in [2.45, 2.75) is 26.2 Å². The number of nitrogens with zero attached hydrogens (tertiary/aromatic N) is 1. The van der Waals surface area contributed by atoms with Gasteiger partial charge in [-0.3, -0.25) is 4.79 Å². The van der Waals surface area contributed by atoms with Gasteiger partial charge in [-0.05, 0) is 38.3 Å². The average Bonchev–Trinajstić information content (AvgIpc) is 2.19. The van der Waals surface area contributed by atoms with Crippen LogP contribution in [-0.4, -0.2) is 18.1 Å². The molecular formula is C11H16N2O. The van der Waals surface area contributed by atoms with Crippen molar-refractivity contribution in [3.05, 3.63) is 28.2 Å². The van der Waals surface area contributed by atoms with Crippen LogP contribution in [0.1, 0.15) is 25.0 Å². The minimum absolute atomic E-state index is 0.0481. The van der Waals surface area contributed by atoms with Crippen LogP contribution < -0.4 is 10.5 Å². The van der Waals surface area contributed by atoms with E-state index < -0.39 is 0 Å². The zero-order chi connectivity index (χ0) is 9.97. The van der Waals surface area contributed by atoms with Crippen LogP contribution in [0.25, 0.3) is 0 Å². The Labute approximate surface area is 83.8 Å². The summed E-state index contributed by atoms with van der Waals surface area (Å²) in [5.41, 5.74) is 1.80. The molecule has 2 heterocycles. The molecule has 1 aliphatic heterocycles. The van der Waals surface area contributed by atoms with Gasteiger partial charge in [0.15, 0.2) is 0 Å². The number of piperidine rings is 1. The summed E-state index contributed by atoms with van der Waals surface area (Å²) in [7, 11) is 0. The molecule has 0 amide bonds. The summed E-state index contributed by atoms with van der Waals surface area (Å²) in [6.07, 6.45) is 3.70. The normalized spacial score (nSPS) is 17.1. The van der Waals surface area contributed by atoms with Crippen molar-refractivity contribution in [2.75, 3.05) is 18.0 Å². The van der Waals surface area contributed by atoms with Gasteiger partial charge in [0.25, 0.3) is 5.56 Å². The Balaban J connectivity index is 2.26. The van der Waals surface area contributed by atoms with Crippen LogP contribution in [0.2, 0.25) is 0 Å². The van der Waals surface area contributed by atoms with E-state index >= 15 is 0 Å². The lowest BCUT2D eigenvalue weighted by Gasteiger charge is -2.27. The smallest absolute Gasteiger partial charge is 0.271 e. The molecule has 1 fully saturated rings. The standard InChI is InChI=1S/C11H16N2O/c1-9-5-6-10(11(14)12-9)13-7-3-2-4-8-13/h5-6H,2-4,7-8H2,1H3,(H,12,14). The Morgan fingerprint density at radius 3 is 2.57 bits per heavy atom. The van der Waals surface area contributed by atoms with Crippen LogP contribution in [0.4, 0.5) is 5.69 Å². The summed E-state index contributed by atoms with van der Waals surface area (Å²) in [6.45, 7) is 3.94. The first-order chi connectivity index (χ1) is 6.77. The van der Waals surface area contributed by atoms with Crippen LogP contribution >= 0.6 is 0 Å². The maximum Gasteiger partial charge on any atom is 0.271 e. The number of H-pyrrole nitrogens is 1. The van der Waals surface area contributed by atoms with E-state index in [4.69, 9.17) is 0 Å². The van der Waals surface area contributed by atoms with Crippen LogP contribution in [0.15, 0.2) is 16.9 Å². The summed E-state index contributed by atoms with van der Waals surface area (Å²) in [5, 5.41) is 0. The molecule has 0 bridgehead atoms. The molecule has 2 rings (SSSR count). The summed E-state index contributed by atoms with van der Waals surface area (Å²) >= 11 is 0. The van der Waals surface area contributed by atoms with Gasteiger partial charge in [0.2, 0.25) is 0 Å². The fraction of sp³-hybridized carbons (Fsp3) is 0.545. The number of pyridine rings is 1. The van der Waals surface area contributed by atoms with Gasteiger partial charge in [-0.1, -0.05) is 0 Å². The Kier molecular flexibility index (Phi) is 2.57. The van der Waals surface area contributed by atoms with Crippen molar-refractivity contribution in [3.8, 4) is 0 Å². The highest BCUT2D eigenvalue weighted by Crippen LogP contribution is 2.15. The van der Waals surface area contributed by atoms with Gasteiger partial charge in [-0.15, -0.1) is 0 Å². The highest BCUT2D eigenvalue weighted by atomic mass is 16.1. The molecule has 1 aliphatic rings. The second-order valence-electron chi connectivity index (χ2n) is 3.90. The molecule has 1 N–H and O–H groups in total. The molecule has 0 aromatic carbocycles. The maximum atomic E-state index is 11.6. The number of aryl methyl sites for hydroxylation is 1. The second-order valence-corrected chi connectivity index (χ2v) is 3.90. The first-order valence-electron chi connectivity index (χ1n) is 5.22. The molecule has 1 aromatic rings. The van der Waals surface area contributed by atoms with E-state index in [1.165, 1.54) is 19.3 Å². The first-order valence-corrected chi connectivity index (χ1v) is 5.22. The van der Waals surface area contributed by atoms with Crippen LogP contribution in [0, 0.1) is 6.92 Å². The monoisotopic (exact) mass is 192 g/mol. The summed E-state index contributed by atoms with van der Waals surface area (Å²) in [4.78, 5) is 16.7. The third kappa shape index (κ3) is 1.81. The maximum absolute atomic E-state index is 11.6. The summed E-state index contributed by atoms with van der Waals surface area (Å²) in [5.74, 6) is 0. The molecule has 0 aliphatic carbocycles. The van der Waals surface area contributed by atoms with E-state index in [0.717, 1.165) is 24.5 Å². The Morgan fingerprint density at radius 2 is 1.93 bits per heavy atom. The van der Waals surface area contributed by atoms with Gasteiger partial charge in [0.1, 0.15) is 5.69 Å². The van der Waals surface area contributed by atoms with E-state index in [1.54, 1.807) is 0 Å². The lowest BCUT2D eigenvalue weighted by molar-refractivity contribution is 0.576.